The van der Waals surface area contributed by atoms with Gasteiger partial charge in [0, 0.05) is 57.6 Å². The molecule has 0 aliphatic carbocycles. The number of hydrogen-bond acceptors (Lipinski definition) is 0. The average molecular weight is 594 g/mol. The molecule has 35 heavy (non-hydrogen) atoms. The summed E-state index contributed by atoms with van der Waals surface area (Å²) in [5.41, 5.74) is 4.88. The van der Waals surface area contributed by atoms with E-state index in [4.69, 9.17) is 0 Å². The number of aromatic nitrogens is 4. The second-order valence-electron chi connectivity index (χ2n) is 9.13. The number of H-pyrrole nitrogens is 2. The monoisotopic (exact) mass is 592 g/mol. The van der Waals surface area contributed by atoms with Gasteiger partial charge >= 0.3 is 0 Å². The third-order valence-corrected chi connectivity index (χ3v) is 6.84. The van der Waals surface area contributed by atoms with Crippen molar-refractivity contribution in [2.45, 2.75) is 45.2 Å². The summed E-state index contributed by atoms with van der Waals surface area (Å²) in [4.78, 5) is 7.09. The Labute approximate surface area is 226 Å². The summed E-state index contributed by atoms with van der Waals surface area (Å²) in [5.74, 6) is 0. The molecule has 6 heteroatoms. The number of halogens is 2. The van der Waals surface area contributed by atoms with Gasteiger partial charge in [-0.05, 0) is 25.0 Å². The predicted molar refractivity (Wildman–Crippen MR) is 135 cm³/mol. The van der Waals surface area contributed by atoms with Crippen LogP contribution in [0.3, 0.4) is 0 Å². The summed E-state index contributed by atoms with van der Waals surface area (Å²) in [5, 5.41) is 5.23. The zero-order valence-electron chi connectivity index (χ0n) is 19.7. The van der Waals surface area contributed by atoms with Crippen LogP contribution in [0.15, 0.2) is 85.5 Å². The van der Waals surface area contributed by atoms with Gasteiger partial charge in [0.25, 0.3) is 0 Å². The highest BCUT2D eigenvalue weighted by molar-refractivity contribution is 6.07. The Morgan fingerprint density at radius 2 is 0.857 bits per heavy atom. The normalized spacial score (nSPS) is 11.2. The van der Waals surface area contributed by atoms with Crippen molar-refractivity contribution in [2.75, 3.05) is 0 Å². The molecule has 4 nitrogen and oxygen atoms in total. The van der Waals surface area contributed by atoms with Crippen molar-refractivity contribution >= 4 is 43.6 Å². The smallest absolute Gasteiger partial charge is 0.193 e. The molecule has 6 rings (SSSR count). The van der Waals surface area contributed by atoms with Crippen molar-refractivity contribution < 1.29 is 43.1 Å². The molecule has 0 unspecified atom stereocenters. The topological polar surface area (TPSA) is 39.3 Å². The largest absolute Gasteiger partial charge is 1.00 e. The number of nitrogens with zero attached hydrogens (tertiary/aromatic N) is 2. The highest BCUT2D eigenvalue weighted by Gasteiger charge is 2.10. The van der Waals surface area contributed by atoms with E-state index in [1.54, 1.807) is 0 Å². The Morgan fingerprint density at radius 3 is 1.34 bits per heavy atom. The molecule has 2 aromatic carbocycles. The molecule has 0 saturated heterocycles. The van der Waals surface area contributed by atoms with E-state index in [1.807, 2.05) is 0 Å². The average Bonchev–Trinajstić information content (AvgIpc) is 3.40. The highest BCUT2D eigenvalue weighted by atomic mass is 79.9. The molecule has 6 aromatic rings. The predicted octanol–water partition coefficient (Wildman–Crippen LogP) is 0.189. The van der Waals surface area contributed by atoms with E-state index in [2.05, 4.69) is 105 Å². The van der Waals surface area contributed by atoms with Crippen LogP contribution in [0.4, 0.5) is 0 Å². The summed E-state index contributed by atoms with van der Waals surface area (Å²) >= 11 is 0. The number of aromatic amines is 2. The lowest BCUT2D eigenvalue weighted by molar-refractivity contribution is -0.696. The number of nitrogens with one attached hydrogen (secondary N) is 2. The zero-order chi connectivity index (χ0) is 22.0. The molecule has 0 saturated carbocycles. The van der Waals surface area contributed by atoms with Crippen LogP contribution in [0, 0.1) is 0 Å². The van der Waals surface area contributed by atoms with Gasteiger partial charge in [0.2, 0.25) is 0 Å². The van der Waals surface area contributed by atoms with Crippen LogP contribution < -0.4 is 43.1 Å². The first kappa shape index (κ1) is 25.4. The van der Waals surface area contributed by atoms with Crippen molar-refractivity contribution in [3.8, 4) is 0 Å². The maximum absolute atomic E-state index is 3.55. The minimum atomic E-state index is 0. The molecule has 0 atom stereocenters. The zero-order valence-corrected chi connectivity index (χ0v) is 22.9. The summed E-state index contributed by atoms with van der Waals surface area (Å²) in [6.07, 6.45) is 15.3. The van der Waals surface area contributed by atoms with Crippen molar-refractivity contribution in [1.82, 2.24) is 9.97 Å². The van der Waals surface area contributed by atoms with E-state index in [0.29, 0.717) is 0 Å². The number of benzene rings is 2. The van der Waals surface area contributed by atoms with Gasteiger partial charge in [-0.3, -0.25) is 0 Å². The van der Waals surface area contributed by atoms with Crippen molar-refractivity contribution in [3.05, 3.63) is 85.5 Å². The van der Waals surface area contributed by atoms with Gasteiger partial charge in [-0.25, -0.2) is 9.13 Å². The molecule has 0 spiro atoms. The molecule has 180 valence electrons. The molecule has 0 aliphatic rings. The van der Waals surface area contributed by atoms with E-state index in [1.165, 1.54) is 75.7 Å². The van der Waals surface area contributed by atoms with Crippen LogP contribution in [0.5, 0.6) is 0 Å². The van der Waals surface area contributed by atoms with Gasteiger partial charge in [-0.1, -0.05) is 42.8 Å². The SMILES string of the molecule is [Br-].[Br-].c1ccc2c(c1)[nH]c1c[n+](CCCCCCC[n+]3ccc4c(c3)[nH]c3ccccc34)ccc12. The molecular formula is C29H30Br2N4. The quantitative estimate of drug-likeness (QED) is 0.187. The minimum absolute atomic E-state index is 0. The Bertz CT molecular complexity index is 1450. The lowest BCUT2D eigenvalue weighted by Gasteiger charge is -2.00. The third-order valence-electron chi connectivity index (χ3n) is 6.84. The van der Waals surface area contributed by atoms with Crippen LogP contribution in [0.2, 0.25) is 0 Å². The Balaban J connectivity index is 0.00000144. The van der Waals surface area contributed by atoms with Crippen molar-refractivity contribution in [2.24, 2.45) is 0 Å². The number of pyridine rings is 2. The van der Waals surface area contributed by atoms with Crippen molar-refractivity contribution in [1.29, 1.82) is 0 Å². The Hall–Kier alpha value is -2.70. The summed E-state index contributed by atoms with van der Waals surface area (Å²) < 4.78 is 4.65. The molecular weight excluding hydrogens is 564 g/mol. The first-order chi connectivity index (χ1) is 16.3. The molecule has 0 bridgehead atoms. The number of para-hydroxylation sites is 2. The molecule has 4 heterocycles. The minimum Gasteiger partial charge on any atom is -1.00 e. The second kappa shape index (κ2) is 11.4. The maximum atomic E-state index is 3.55. The van der Waals surface area contributed by atoms with E-state index >= 15 is 0 Å². The number of rotatable bonds is 8. The fourth-order valence-corrected chi connectivity index (χ4v) is 5.09. The second-order valence-corrected chi connectivity index (χ2v) is 9.13. The van der Waals surface area contributed by atoms with E-state index in [-0.39, 0.29) is 34.0 Å². The standard InChI is InChI=1S/C29H28N4.2BrH/c1(2-8-16-32-18-14-24-22-10-4-6-12-26(22)30-28(24)20-32)3-9-17-33-19-15-25-23-11-5-7-13-27(23)31-29(25)21-33;;/h4-7,10-15,18-21H,1-3,8-9,16-17H2;2*1H. The lowest BCUT2D eigenvalue weighted by Crippen LogP contribution is -3.00. The van der Waals surface area contributed by atoms with Gasteiger partial charge in [-0.2, -0.15) is 0 Å². The van der Waals surface area contributed by atoms with Crippen molar-refractivity contribution in [3.63, 3.8) is 0 Å². The number of aryl methyl sites for hydroxylation is 2. The fraction of sp³-hybridized carbons (Fsp3) is 0.241. The number of hydrogen-bond donors (Lipinski definition) is 2. The van der Waals surface area contributed by atoms with E-state index in [0.717, 1.165) is 13.1 Å². The summed E-state index contributed by atoms with van der Waals surface area (Å²) in [6, 6.07) is 21.6. The first-order valence-electron chi connectivity index (χ1n) is 12.1. The number of fused-ring (bicyclic) bond motifs is 6. The molecule has 0 radical (unpaired) electrons. The van der Waals surface area contributed by atoms with E-state index < -0.39 is 0 Å². The molecule has 0 fully saturated rings. The molecule has 0 amide bonds. The van der Waals surface area contributed by atoms with Gasteiger partial charge < -0.3 is 43.9 Å². The summed E-state index contributed by atoms with van der Waals surface area (Å²) in [7, 11) is 0. The van der Waals surface area contributed by atoms with Crippen LogP contribution >= 0.6 is 0 Å². The molecule has 2 N–H and O–H groups in total. The lowest BCUT2D eigenvalue weighted by atomic mass is 10.1. The van der Waals surface area contributed by atoms with Crippen LogP contribution in [0.25, 0.3) is 43.6 Å². The van der Waals surface area contributed by atoms with E-state index in [9.17, 15) is 0 Å². The van der Waals surface area contributed by atoms with Crippen LogP contribution in [-0.2, 0) is 13.1 Å². The third kappa shape index (κ3) is 5.29. The Morgan fingerprint density at radius 1 is 0.457 bits per heavy atom. The van der Waals surface area contributed by atoms with Crippen LogP contribution in [0.1, 0.15) is 32.1 Å². The first-order valence-corrected chi connectivity index (χ1v) is 12.1. The molecule has 4 aromatic heterocycles. The highest BCUT2D eigenvalue weighted by Crippen LogP contribution is 2.24. The fourth-order valence-electron chi connectivity index (χ4n) is 5.09. The van der Waals surface area contributed by atoms with Gasteiger partial charge in [0.05, 0.1) is 0 Å². The Kier molecular flexibility index (Phi) is 8.24. The maximum Gasteiger partial charge on any atom is 0.193 e. The van der Waals surface area contributed by atoms with Gasteiger partial charge in [0.1, 0.15) is 24.1 Å². The number of unbranched alkanes of at least 4 members (excludes halogenated alkanes) is 4. The summed E-state index contributed by atoms with van der Waals surface area (Å²) in [6.45, 7) is 2.16. The van der Waals surface area contributed by atoms with Gasteiger partial charge in [0.15, 0.2) is 24.8 Å². The molecule has 0 aliphatic heterocycles. The van der Waals surface area contributed by atoms with Crippen LogP contribution in [-0.4, -0.2) is 9.97 Å². The van der Waals surface area contributed by atoms with Gasteiger partial charge in [-0.15, -0.1) is 0 Å².